The van der Waals surface area contributed by atoms with Crippen LogP contribution in [-0.2, 0) is 17.8 Å². The first-order chi connectivity index (χ1) is 13.7. The Morgan fingerprint density at radius 2 is 1.86 bits per heavy atom. The normalized spacial score (nSPS) is 28.6. The van der Waals surface area contributed by atoms with Crippen LogP contribution in [0.5, 0.6) is 0 Å². The van der Waals surface area contributed by atoms with Crippen molar-refractivity contribution in [1.29, 1.82) is 0 Å². The van der Waals surface area contributed by atoms with E-state index < -0.39 is 0 Å². The summed E-state index contributed by atoms with van der Waals surface area (Å²) in [6, 6.07) is 9.19. The molecular formula is C22H35N5O. The van der Waals surface area contributed by atoms with E-state index in [0.717, 1.165) is 45.1 Å². The average molecular weight is 386 g/mol. The summed E-state index contributed by atoms with van der Waals surface area (Å²) in [4.78, 5) is 9.54. The minimum Gasteiger partial charge on any atom is -0.373 e. The molecule has 6 nitrogen and oxygen atoms in total. The van der Waals surface area contributed by atoms with Gasteiger partial charge in [-0.15, -0.1) is 0 Å². The zero-order chi connectivity index (χ0) is 19.3. The van der Waals surface area contributed by atoms with Gasteiger partial charge in [-0.2, -0.15) is 0 Å². The summed E-state index contributed by atoms with van der Waals surface area (Å²) in [6.45, 7) is 9.91. The van der Waals surface area contributed by atoms with Gasteiger partial charge in [0, 0.05) is 46.3 Å². The Balaban J connectivity index is 1.30. The quantitative estimate of drug-likeness (QED) is 0.578. The Morgan fingerprint density at radius 3 is 2.50 bits per heavy atom. The number of fused-ring (bicyclic) bond motifs is 2. The van der Waals surface area contributed by atoms with Crippen LogP contribution in [0, 0.1) is 0 Å². The second kappa shape index (κ2) is 9.25. The molecule has 3 unspecified atom stereocenters. The van der Waals surface area contributed by atoms with Crippen molar-refractivity contribution in [2.24, 2.45) is 4.99 Å². The van der Waals surface area contributed by atoms with Crippen LogP contribution in [-0.4, -0.2) is 73.8 Å². The molecule has 6 heteroatoms. The van der Waals surface area contributed by atoms with Gasteiger partial charge in [-0.1, -0.05) is 31.2 Å². The van der Waals surface area contributed by atoms with E-state index in [1.54, 1.807) is 0 Å². The Morgan fingerprint density at radius 1 is 1.11 bits per heavy atom. The molecular weight excluding hydrogens is 350 g/mol. The lowest BCUT2D eigenvalue weighted by Gasteiger charge is -2.34. The third kappa shape index (κ3) is 4.67. The van der Waals surface area contributed by atoms with Gasteiger partial charge < -0.3 is 20.3 Å². The summed E-state index contributed by atoms with van der Waals surface area (Å²) in [5, 5.41) is 7.10. The van der Waals surface area contributed by atoms with E-state index in [1.807, 2.05) is 7.05 Å². The molecule has 3 aliphatic rings. The molecule has 3 saturated heterocycles. The second-order valence-electron chi connectivity index (χ2n) is 8.27. The summed E-state index contributed by atoms with van der Waals surface area (Å²) < 4.78 is 5.96. The van der Waals surface area contributed by atoms with Crippen LogP contribution in [0.1, 0.15) is 37.3 Å². The largest absolute Gasteiger partial charge is 0.373 e. The fraction of sp³-hybridized carbons (Fsp3) is 0.682. The van der Waals surface area contributed by atoms with Crippen molar-refractivity contribution >= 4 is 5.96 Å². The summed E-state index contributed by atoms with van der Waals surface area (Å²) in [5.41, 5.74) is 2.77. The molecule has 0 saturated carbocycles. The fourth-order valence-corrected chi connectivity index (χ4v) is 4.73. The molecule has 0 amide bonds. The molecule has 2 N–H and O–H groups in total. The van der Waals surface area contributed by atoms with Crippen LogP contribution < -0.4 is 10.6 Å². The molecule has 3 atom stereocenters. The van der Waals surface area contributed by atoms with Crippen molar-refractivity contribution in [3.05, 3.63) is 35.4 Å². The van der Waals surface area contributed by atoms with Crippen molar-refractivity contribution < 1.29 is 4.74 Å². The smallest absolute Gasteiger partial charge is 0.191 e. The first-order valence-electron chi connectivity index (χ1n) is 10.9. The summed E-state index contributed by atoms with van der Waals surface area (Å²) in [7, 11) is 1.85. The molecule has 0 radical (unpaired) electrons. The number of hydrogen-bond donors (Lipinski definition) is 2. The SMILES string of the molecule is CCN1CCN(Cc2ccccc2CNC(=NC)NC2CC3CCC2O3)CC1. The van der Waals surface area contributed by atoms with E-state index in [2.05, 4.69) is 56.6 Å². The van der Waals surface area contributed by atoms with Crippen LogP contribution in [0.3, 0.4) is 0 Å². The van der Waals surface area contributed by atoms with Gasteiger partial charge in [-0.05, 0) is 36.9 Å². The highest BCUT2D eigenvalue weighted by molar-refractivity contribution is 5.80. The minimum atomic E-state index is 0.359. The Hall–Kier alpha value is -1.63. The number of ether oxygens (including phenoxy) is 1. The van der Waals surface area contributed by atoms with Crippen molar-refractivity contribution in [3.8, 4) is 0 Å². The maximum absolute atomic E-state index is 5.96. The molecule has 3 aliphatic heterocycles. The van der Waals surface area contributed by atoms with Gasteiger partial charge >= 0.3 is 0 Å². The van der Waals surface area contributed by atoms with Gasteiger partial charge in [0.1, 0.15) is 0 Å². The standard InChI is InChI=1S/C22H35N5O/c1-3-26-10-12-27(13-11-26)16-18-7-5-4-6-17(18)15-24-22(23-2)25-20-14-19-8-9-21(20)28-19/h4-7,19-21H,3,8-16H2,1-2H3,(H2,23,24,25). The predicted molar refractivity (Wildman–Crippen MR) is 113 cm³/mol. The lowest BCUT2D eigenvalue weighted by Crippen LogP contribution is -2.47. The molecule has 0 aromatic heterocycles. The van der Waals surface area contributed by atoms with E-state index in [-0.39, 0.29) is 0 Å². The number of nitrogens with one attached hydrogen (secondary N) is 2. The molecule has 2 bridgehead atoms. The number of hydrogen-bond acceptors (Lipinski definition) is 4. The molecule has 3 heterocycles. The number of nitrogens with zero attached hydrogens (tertiary/aromatic N) is 3. The van der Waals surface area contributed by atoms with E-state index in [4.69, 9.17) is 4.74 Å². The van der Waals surface area contributed by atoms with E-state index in [0.29, 0.717) is 18.2 Å². The number of benzene rings is 1. The molecule has 1 aromatic rings. The highest BCUT2D eigenvalue weighted by Crippen LogP contribution is 2.34. The second-order valence-corrected chi connectivity index (χ2v) is 8.27. The minimum absolute atomic E-state index is 0.359. The number of guanidine groups is 1. The lowest BCUT2D eigenvalue weighted by molar-refractivity contribution is 0.0992. The van der Waals surface area contributed by atoms with Crippen LogP contribution in [0.15, 0.2) is 29.3 Å². The Kier molecular flexibility index (Phi) is 6.50. The third-order valence-electron chi connectivity index (χ3n) is 6.52. The molecule has 0 spiro atoms. The molecule has 3 fully saturated rings. The topological polar surface area (TPSA) is 52.1 Å². The first-order valence-corrected chi connectivity index (χ1v) is 10.9. The third-order valence-corrected chi connectivity index (χ3v) is 6.52. The van der Waals surface area contributed by atoms with Crippen LogP contribution in [0.25, 0.3) is 0 Å². The summed E-state index contributed by atoms with van der Waals surface area (Å²) >= 11 is 0. The summed E-state index contributed by atoms with van der Waals surface area (Å²) in [6.07, 6.45) is 4.31. The predicted octanol–water partition coefficient (Wildman–Crippen LogP) is 1.81. The molecule has 28 heavy (non-hydrogen) atoms. The number of aliphatic imine (C=N–C) groups is 1. The van der Waals surface area contributed by atoms with E-state index >= 15 is 0 Å². The van der Waals surface area contributed by atoms with E-state index in [9.17, 15) is 0 Å². The van der Waals surface area contributed by atoms with Crippen molar-refractivity contribution in [1.82, 2.24) is 20.4 Å². The molecule has 4 rings (SSSR count). The van der Waals surface area contributed by atoms with E-state index in [1.165, 1.54) is 37.1 Å². The zero-order valence-corrected chi connectivity index (χ0v) is 17.4. The van der Waals surface area contributed by atoms with Gasteiger partial charge in [0.05, 0.1) is 18.2 Å². The number of rotatable bonds is 6. The highest BCUT2D eigenvalue weighted by Gasteiger charge is 2.41. The maximum atomic E-state index is 5.96. The van der Waals surface area contributed by atoms with Crippen LogP contribution in [0.4, 0.5) is 0 Å². The van der Waals surface area contributed by atoms with Gasteiger partial charge in [0.15, 0.2) is 5.96 Å². The molecule has 0 aliphatic carbocycles. The summed E-state index contributed by atoms with van der Waals surface area (Å²) in [5.74, 6) is 0.882. The van der Waals surface area contributed by atoms with Crippen molar-refractivity contribution in [2.45, 2.75) is 57.5 Å². The monoisotopic (exact) mass is 385 g/mol. The van der Waals surface area contributed by atoms with Crippen LogP contribution in [0.2, 0.25) is 0 Å². The Labute approximate surface area is 169 Å². The fourth-order valence-electron chi connectivity index (χ4n) is 4.73. The van der Waals surface area contributed by atoms with Crippen molar-refractivity contribution in [3.63, 3.8) is 0 Å². The lowest BCUT2D eigenvalue weighted by atomic mass is 9.96. The van der Waals surface area contributed by atoms with Crippen molar-refractivity contribution in [2.75, 3.05) is 39.8 Å². The Bertz CT molecular complexity index is 671. The average Bonchev–Trinajstić information content (AvgIpc) is 3.36. The van der Waals surface area contributed by atoms with Gasteiger partial charge in [-0.25, -0.2) is 0 Å². The first kappa shape index (κ1) is 19.7. The molecule has 154 valence electrons. The maximum Gasteiger partial charge on any atom is 0.191 e. The van der Waals surface area contributed by atoms with Gasteiger partial charge in [0.25, 0.3) is 0 Å². The zero-order valence-electron chi connectivity index (χ0n) is 17.4. The van der Waals surface area contributed by atoms with Gasteiger partial charge in [-0.3, -0.25) is 9.89 Å². The number of likely N-dealkylation sites (N-methyl/N-ethyl adjacent to an activating group) is 1. The number of piperazine rings is 1. The van der Waals surface area contributed by atoms with Gasteiger partial charge in [0.2, 0.25) is 0 Å². The highest BCUT2D eigenvalue weighted by atomic mass is 16.5. The van der Waals surface area contributed by atoms with Crippen LogP contribution >= 0.6 is 0 Å². The molecule has 1 aromatic carbocycles.